The Labute approximate surface area is 148 Å². The number of aryl methyl sites for hydroxylation is 1. The lowest BCUT2D eigenvalue weighted by Crippen LogP contribution is -2.39. The van der Waals surface area contributed by atoms with Gasteiger partial charge in [-0.25, -0.2) is 9.97 Å². The predicted octanol–water partition coefficient (Wildman–Crippen LogP) is 2.20. The number of benzene rings is 1. The van der Waals surface area contributed by atoms with E-state index in [1.165, 1.54) is 5.69 Å². The quantitative estimate of drug-likeness (QED) is 0.854. The Kier molecular flexibility index (Phi) is 4.81. The van der Waals surface area contributed by atoms with Gasteiger partial charge in [0, 0.05) is 37.9 Å². The third kappa shape index (κ3) is 3.75. The van der Waals surface area contributed by atoms with Crippen LogP contribution in [0.25, 0.3) is 0 Å². The topological polar surface area (TPSA) is 50.7 Å². The molecule has 25 heavy (non-hydrogen) atoms. The van der Waals surface area contributed by atoms with Gasteiger partial charge in [0.05, 0.1) is 25.5 Å². The highest BCUT2D eigenvalue weighted by Gasteiger charge is 2.25. The van der Waals surface area contributed by atoms with Crippen molar-refractivity contribution in [1.29, 1.82) is 0 Å². The number of anilines is 2. The molecule has 1 aromatic carbocycles. The normalized spacial score (nSPS) is 21.4. The number of nitrogens with zero attached hydrogens (tertiary/aromatic N) is 4. The molecule has 1 unspecified atom stereocenters. The van der Waals surface area contributed by atoms with E-state index in [-0.39, 0.29) is 6.10 Å². The van der Waals surface area contributed by atoms with Crippen molar-refractivity contribution in [2.24, 2.45) is 0 Å². The van der Waals surface area contributed by atoms with E-state index in [4.69, 9.17) is 9.47 Å². The zero-order valence-corrected chi connectivity index (χ0v) is 14.6. The molecule has 1 aromatic heterocycles. The number of hydrogen-bond donors (Lipinski definition) is 0. The molecule has 6 nitrogen and oxygen atoms in total. The Hall–Kier alpha value is -2.18. The van der Waals surface area contributed by atoms with E-state index in [9.17, 15) is 0 Å². The van der Waals surface area contributed by atoms with Gasteiger partial charge in [0.2, 0.25) is 0 Å². The Morgan fingerprint density at radius 1 is 0.960 bits per heavy atom. The van der Waals surface area contributed by atoms with Crippen molar-refractivity contribution in [3.05, 3.63) is 47.9 Å². The third-order valence-corrected chi connectivity index (χ3v) is 4.70. The Balaban J connectivity index is 1.55. The Bertz CT molecular complexity index is 704. The van der Waals surface area contributed by atoms with E-state index in [0.717, 1.165) is 56.7 Å². The zero-order valence-electron chi connectivity index (χ0n) is 14.6. The van der Waals surface area contributed by atoms with E-state index in [0.29, 0.717) is 6.61 Å². The number of morpholine rings is 2. The molecule has 3 heterocycles. The van der Waals surface area contributed by atoms with Crippen LogP contribution in [0.4, 0.5) is 11.5 Å². The minimum Gasteiger partial charge on any atom is -0.378 e. The molecule has 0 aliphatic carbocycles. The number of rotatable bonds is 3. The maximum Gasteiger partial charge on any atom is 0.132 e. The standard InChI is InChI=1S/C19H24N4O2/c1-15-20-17(13-19(21-15)22-7-10-24-11-8-22)18-14-23(9-12-25-18)16-5-3-2-4-6-16/h2-6,13,18H,7-12,14H2,1H3. The molecule has 132 valence electrons. The van der Waals surface area contributed by atoms with Crippen LogP contribution in [-0.4, -0.2) is 56.0 Å². The maximum absolute atomic E-state index is 6.04. The fourth-order valence-corrected chi connectivity index (χ4v) is 3.40. The van der Waals surface area contributed by atoms with Crippen LogP contribution in [0.2, 0.25) is 0 Å². The predicted molar refractivity (Wildman–Crippen MR) is 97.1 cm³/mol. The first kappa shape index (κ1) is 16.3. The monoisotopic (exact) mass is 340 g/mol. The van der Waals surface area contributed by atoms with Crippen LogP contribution in [0.5, 0.6) is 0 Å². The molecule has 0 spiro atoms. The van der Waals surface area contributed by atoms with Crippen molar-refractivity contribution in [2.45, 2.75) is 13.0 Å². The lowest BCUT2D eigenvalue weighted by atomic mass is 10.1. The largest absolute Gasteiger partial charge is 0.378 e. The van der Waals surface area contributed by atoms with Crippen LogP contribution < -0.4 is 9.80 Å². The molecule has 2 aliphatic rings. The summed E-state index contributed by atoms with van der Waals surface area (Å²) in [5.74, 6) is 1.77. The number of aromatic nitrogens is 2. The van der Waals surface area contributed by atoms with Crippen LogP contribution in [0.15, 0.2) is 36.4 Å². The van der Waals surface area contributed by atoms with E-state index < -0.39 is 0 Å². The van der Waals surface area contributed by atoms with Gasteiger partial charge in [-0.3, -0.25) is 0 Å². The molecule has 2 saturated heterocycles. The second-order valence-electron chi connectivity index (χ2n) is 6.44. The fraction of sp³-hybridized carbons (Fsp3) is 0.474. The molecule has 1 atom stereocenters. The Morgan fingerprint density at radius 3 is 2.52 bits per heavy atom. The van der Waals surface area contributed by atoms with Gasteiger partial charge in [-0.2, -0.15) is 0 Å². The SMILES string of the molecule is Cc1nc(C2CN(c3ccccc3)CCO2)cc(N2CCOCC2)n1. The van der Waals surface area contributed by atoms with Crippen LogP contribution in [0.3, 0.4) is 0 Å². The second-order valence-corrected chi connectivity index (χ2v) is 6.44. The van der Waals surface area contributed by atoms with E-state index in [2.05, 4.69) is 50.1 Å². The van der Waals surface area contributed by atoms with Crippen LogP contribution in [0.1, 0.15) is 17.6 Å². The number of ether oxygens (including phenoxy) is 2. The minimum atomic E-state index is -0.0320. The van der Waals surface area contributed by atoms with Crippen molar-refractivity contribution in [3.63, 3.8) is 0 Å². The molecule has 0 radical (unpaired) electrons. The molecule has 0 saturated carbocycles. The van der Waals surface area contributed by atoms with Gasteiger partial charge in [-0.1, -0.05) is 18.2 Å². The first-order chi connectivity index (χ1) is 12.3. The molecule has 6 heteroatoms. The Morgan fingerprint density at radius 2 is 1.72 bits per heavy atom. The summed E-state index contributed by atoms with van der Waals surface area (Å²) in [6.07, 6.45) is -0.0320. The van der Waals surface area contributed by atoms with E-state index in [1.54, 1.807) is 0 Å². The first-order valence-electron chi connectivity index (χ1n) is 8.89. The average Bonchev–Trinajstić information content (AvgIpc) is 2.69. The second kappa shape index (κ2) is 7.37. The molecule has 0 bridgehead atoms. The summed E-state index contributed by atoms with van der Waals surface area (Å²) in [6.45, 7) is 7.61. The van der Waals surface area contributed by atoms with Crippen molar-refractivity contribution in [3.8, 4) is 0 Å². The van der Waals surface area contributed by atoms with Gasteiger partial charge in [0.1, 0.15) is 17.7 Å². The van der Waals surface area contributed by atoms with Gasteiger partial charge in [-0.05, 0) is 19.1 Å². The molecule has 0 amide bonds. The van der Waals surface area contributed by atoms with Crippen LogP contribution in [-0.2, 0) is 9.47 Å². The maximum atomic E-state index is 6.04. The van der Waals surface area contributed by atoms with Crippen molar-refractivity contribution in [2.75, 3.05) is 55.8 Å². The third-order valence-electron chi connectivity index (χ3n) is 4.70. The summed E-state index contributed by atoms with van der Waals surface area (Å²) in [7, 11) is 0. The van der Waals surface area contributed by atoms with E-state index in [1.807, 2.05) is 13.0 Å². The summed E-state index contributed by atoms with van der Waals surface area (Å²) in [4.78, 5) is 13.9. The highest BCUT2D eigenvalue weighted by molar-refractivity contribution is 5.47. The van der Waals surface area contributed by atoms with Crippen LogP contribution in [0, 0.1) is 6.92 Å². The zero-order chi connectivity index (χ0) is 17.1. The van der Waals surface area contributed by atoms with Gasteiger partial charge < -0.3 is 19.3 Å². The molecule has 4 rings (SSSR count). The van der Waals surface area contributed by atoms with Crippen molar-refractivity contribution in [1.82, 2.24) is 9.97 Å². The summed E-state index contributed by atoms with van der Waals surface area (Å²) in [6, 6.07) is 12.6. The van der Waals surface area contributed by atoms with Gasteiger partial charge in [-0.15, -0.1) is 0 Å². The number of para-hydroxylation sites is 1. The summed E-state index contributed by atoms with van der Waals surface area (Å²) >= 11 is 0. The summed E-state index contributed by atoms with van der Waals surface area (Å²) in [5, 5.41) is 0. The summed E-state index contributed by atoms with van der Waals surface area (Å²) in [5.41, 5.74) is 2.20. The molecule has 0 N–H and O–H groups in total. The van der Waals surface area contributed by atoms with Gasteiger partial charge in [0.15, 0.2) is 0 Å². The van der Waals surface area contributed by atoms with Gasteiger partial charge >= 0.3 is 0 Å². The first-order valence-corrected chi connectivity index (χ1v) is 8.89. The lowest BCUT2D eigenvalue weighted by Gasteiger charge is -2.35. The van der Waals surface area contributed by atoms with Crippen molar-refractivity contribution >= 4 is 11.5 Å². The summed E-state index contributed by atoms with van der Waals surface area (Å²) < 4.78 is 11.5. The molecular weight excluding hydrogens is 316 g/mol. The average molecular weight is 340 g/mol. The molecule has 2 aliphatic heterocycles. The van der Waals surface area contributed by atoms with Gasteiger partial charge in [0.25, 0.3) is 0 Å². The van der Waals surface area contributed by atoms with E-state index >= 15 is 0 Å². The van der Waals surface area contributed by atoms with Crippen molar-refractivity contribution < 1.29 is 9.47 Å². The smallest absolute Gasteiger partial charge is 0.132 e. The fourth-order valence-electron chi connectivity index (χ4n) is 3.40. The molecule has 2 aromatic rings. The highest BCUT2D eigenvalue weighted by atomic mass is 16.5. The van der Waals surface area contributed by atoms with Crippen LogP contribution >= 0.6 is 0 Å². The lowest BCUT2D eigenvalue weighted by molar-refractivity contribution is 0.0368. The molecule has 2 fully saturated rings. The highest BCUT2D eigenvalue weighted by Crippen LogP contribution is 2.27. The molecular formula is C19H24N4O2. The number of hydrogen-bond acceptors (Lipinski definition) is 6. The minimum absolute atomic E-state index is 0.0320.